The van der Waals surface area contributed by atoms with Crippen LogP contribution in [0, 0.1) is 12.3 Å². The SMILES string of the molecule is C#CCCNCc1cn2cc(Cl)ccc2n1. The van der Waals surface area contributed by atoms with Crippen molar-refractivity contribution >= 4 is 17.2 Å². The van der Waals surface area contributed by atoms with E-state index in [1.807, 2.05) is 28.9 Å². The lowest BCUT2D eigenvalue weighted by Crippen LogP contribution is -2.14. The first kappa shape index (κ1) is 11.0. The number of aromatic nitrogens is 2. The molecule has 0 atom stereocenters. The third-order valence-corrected chi connectivity index (χ3v) is 2.44. The van der Waals surface area contributed by atoms with Crippen LogP contribution in [0.4, 0.5) is 0 Å². The molecule has 0 spiro atoms. The molecule has 4 heteroatoms. The highest BCUT2D eigenvalue weighted by molar-refractivity contribution is 6.30. The molecule has 0 aliphatic heterocycles. The van der Waals surface area contributed by atoms with Crippen molar-refractivity contribution in [3.05, 3.63) is 35.2 Å². The van der Waals surface area contributed by atoms with Crippen LogP contribution in [-0.2, 0) is 6.54 Å². The van der Waals surface area contributed by atoms with E-state index in [-0.39, 0.29) is 0 Å². The van der Waals surface area contributed by atoms with Crippen LogP contribution < -0.4 is 5.32 Å². The van der Waals surface area contributed by atoms with Crippen molar-refractivity contribution in [3.8, 4) is 12.3 Å². The molecule has 0 radical (unpaired) electrons. The predicted octanol–water partition coefficient (Wildman–Crippen LogP) is 2.10. The molecule has 2 aromatic heterocycles. The van der Waals surface area contributed by atoms with Gasteiger partial charge in [-0.15, -0.1) is 12.3 Å². The van der Waals surface area contributed by atoms with Gasteiger partial charge < -0.3 is 9.72 Å². The summed E-state index contributed by atoms with van der Waals surface area (Å²) >= 11 is 5.89. The standard InChI is InChI=1S/C12H12ClN3/c1-2-3-6-14-7-11-9-16-8-10(13)4-5-12(16)15-11/h1,4-5,8-9,14H,3,6-7H2. The van der Waals surface area contributed by atoms with E-state index in [1.54, 1.807) is 0 Å². The monoisotopic (exact) mass is 233 g/mol. The molecule has 2 heterocycles. The van der Waals surface area contributed by atoms with Crippen molar-refractivity contribution in [2.24, 2.45) is 0 Å². The summed E-state index contributed by atoms with van der Waals surface area (Å²) in [5, 5.41) is 3.93. The van der Waals surface area contributed by atoms with Crippen molar-refractivity contribution < 1.29 is 0 Å². The van der Waals surface area contributed by atoms with E-state index in [0.29, 0.717) is 5.02 Å². The molecule has 16 heavy (non-hydrogen) atoms. The molecule has 0 saturated carbocycles. The van der Waals surface area contributed by atoms with E-state index >= 15 is 0 Å². The van der Waals surface area contributed by atoms with E-state index in [9.17, 15) is 0 Å². The van der Waals surface area contributed by atoms with Crippen LogP contribution in [0.3, 0.4) is 0 Å². The Morgan fingerprint density at radius 3 is 3.12 bits per heavy atom. The van der Waals surface area contributed by atoms with Crippen LogP contribution in [-0.4, -0.2) is 15.9 Å². The summed E-state index contributed by atoms with van der Waals surface area (Å²) in [5.41, 5.74) is 1.89. The average molecular weight is 234 g/mol. The van der Waals surface area contributed by atoms with Crippen LogP contribution in [0.15, 0.2) is 24.5 Å². The fourth-order valence-corrected chi connectivity index (χ4v) is 1.65. The zero-order valence-corrected chi connectivity index (χ0v) is 9.54. The lowest BCUT2D eigenvalue weighted by molar-refractivity contribution is 0.691. The Hall–Kier alpha value is -1.50. The first-order chi connectivity index (χ1) is 7.79. The minimum absolute atomic E-state index is 0.705. The van der Waals surface area contributed by atoms with Gasteiger partial charge in [-0.05, 0) is 12.1 Å². The average Bonchev–Trinajstić information content (AvgIpc) is 2.66. The van der Waals surface area contributed by atoms with Crippen LogP contribution in [0.5, 0.6) is 0 Å². The van der Waals surface area contributed by atoms with E-state index in [0.717, 1.165) is 30.9 Å². The van der Waals surface area contributed by atoms with Crippen molar-refractivity contribution in [1.29, 1.82) is 0 Å². The highest BCUT2D eigenvalue weighted by Crippen LogP contribution is 2.11. The number of terminal acetylenes is 1. The largest absolute Gasteiger partial charge is 0.310 e. The molecular weight excluding hydrogens is 222 g/mol. The van der Waals surface area contributed by atoms with E-state index in [4.69, 9.17) is 18.0 Å². The number of imidazole rings is 1. The Morgan fingerprint density at radius 2 is 2.31 bits per heavy atom. The summed E-state index contributed by atoms with van der Waals surface area (Å²) in [6.07, 6.45) is 9.70. The smallest absolute Gasteiger partial charge is 0.137 e. The highest BCUT2D eigenvalue weighted by Gasteiger charge is 2.00. The minimum Gasteiger partial charge on any atom is -0.310 e. The Balaban J connectivity index is 2.06. The molecule has 0 aromatic carbocycles. The maximum absolute atomic E-state index is 5.89. The third kappa shape index (κ3) is 2.54. The Morgan fingerprint density at radius 1 is 1.44 bits per heavy atom. The quantitative estimate of drug-likeness (QED) is 0.647. The summed E-state index contributed by atoms with van der Waals surface area (Å²) in [5.74, 6) is 2.58. The topological polar surface area (TPSA) is 29.3 Å². The van der Waals surface area contributed by atoms with Gasteiger partial charge in [-0.25, -0.2) is 4.98 Å². The normalized spacial score (nSPS) is 10.5. The number of halogens is 1. The molecule has 2 aromatic rings. The molecule has 0 aliphatic carbocycles. The molecule has 0 aliphatic rings. The van der Waals surface area contributed by atoms with E-state index in [2.05, 4.69) is 16.2 Å². The van der Waals surface area contributed by atoms with Crippen molar-refractivity contribution in [2.75, 3.05) is 6.54 Å². The first-order valence-corrected chi connectivity index (χ1v) is 5.45. The van der Waals surface area contributed by atoms with Gasteiger partial charge in [0.15, 0.2) is 0 Å². The molecule has 0 amide bonds. The Bertz CT molecular complexity index is 525. The Kier molecular flexibility index (Phi) is 3.45. The molecule has 0 fully saturated rings. The number of hydrogen-bond donors (Lipinski definition) is 1. The number of hydrogen-bond acceptors (Lipinski definition) is 2. The summed E-state index contributed by atoms with van der Waals surface area (Å²) in [4.78, 5) is 4.44. The third-order valence-electron chi connectivity index (χ3n) is 2.22. The summed E-state index contributed by atoms with van der Waals surface area (Å²) in [7, 11) is 0. The number of rotatable bonds is 4. The van der Waals surface area contributed by atoms with E-state index < -0.39 is 0 Å². The number of fused-ring (bicyclic) bond motifs is 1. The lowest BCUT2D eigenvalue weighted by Gasteiger charge is -1.97. The summed E-state index contributed by atoms with van der Waals surface area (Å²) < 4.78 is 1.92. The highest BCUT2D eigenvalue weighted by atomic mass is 35.5. The number of nitrogens with zero attached hydrogens (tertiary/aromatic N) is 2. The van der Waals surface area contributed by atoms with Gasteiger partial charge in [-0.2, -0.15) is 0 Å². The molecule has 0 unspecified atom stereocenters. The molecule has 2 rings (SSSR count). The summed E-state index contributed by atoms with van der Waals surface area (Å²) in [6.45, 7) is 1.53. The van der Waals surface area contributed by atoms with Gasteiger partial charge in [-0.1, -0.05) is 11.6 Å². The van der Waals surface area contributed by atoms with Gasteiger partial charge in [0.2, 0.25) is 0 Å². The molecule has 1 N–H and O–H groups in total. The number of pyridine rings is 1. The second-order valence-electron chi connectivity index (χ2n) is 3.48. The molecule has 3 nitrogen and oxygen atoms in total. The fourth-order valence-electron chi connectivity index (χ4n) is 1.48. The first-order valence-electron chi connectivity index (χ1n) is 5.07. The zero-order valence-electron chi connectivity index (χ0n) is 8.78. The Labute approximate surface area is 99.4 Å². The van der Waals surface area contributed by atoms with Gasteiger partial charge >= 0.3 is 0 Å². The van der Waals surface area contributed by atoms with Crippen LogP contribution in [0.25, 0.3) is 5.65 Å². The van der Waals surface area contributed by atoms with Crippen LogP contribution in [0.2, 0.25) is 5.02 Å². The molecule has 82 valence electrons. The van der Waals surface area contributed by atoms with Gasteiger partial charge in [-0.3, -0.25) is 0 Å². The van der Waals surface area contributed by atoms with Crippen molar-refractivity contribution in [2.45, 2.75) is 13.0 Å². The maximum atomic E-state index is 5.89. The van der Waals surface area contributed by atoms with Crippen molar-refractivity contribution in [3.63, 3.8) is 0 Å². The zero-order chi connectivity index (χ0) is 11.4. The maximum Gasteiger partial charge on any atom is 0.137 e. The fraction of sp³-hybridized carbons (Fsp3) is 0.250. The van der Waals surface area contributed by atoms with Gasteiger partial charge in [0, 0.05) is 31.9 Å². The minimum atomic E-state index is 0.705. The van der Waals surface area contributed by atoms with Gasteiger partial charge in [0.1, 0.15) is 5.65 Å². The summed E-state index contributed by atoms with van der Waals surface area (Å²) in [6, 6.07) is 3.73. The predicted molar refractivity (Wildman–Crippen MR) is 65.4 cm³/mol. The van der Waals surface area contributed by atoms with Gasteiger partial charge in [0.25, 0.3) is 0 Å². The second-order valence-corrected chi connectivity index (χ2v) is 3.91. The van der Waals surface area contributed by atoms with E-state index in [1.165, 1.54) is 0 Å². The number of nitrogens with one attached hydrogen (secondary N) is 1. The molecular formula is C12H12ClN3. The lowest BCUT2D eigenvalue weighted by atomic mass is 10.4. The van der Waals surface area contributed by atoms with Crippen LogP contribution in [0.1, 0.15) is 12.1 Å². The van der Waals surface area contributed by atoms with Crippen molar-refractivity contribution in [1.82, 2.24) is 14.7 Å². The molecule has 0 saturated heterocycles. The van der Waals surface area contributed by atoms with Gasteiger partial charge in [0.05, 0.1) is 10.7 Å². The second kappa shape index (κ2) is 5.02. The van der Waals surface area contributed by atoms with Crippen LogP contribution >= 0.6 is 11.6 Å². The molecule has 0 bridgehead atoms.